The van der Waals surface area contributed by atoms with E-state index in [0.29, 0.717) is 12.5 Å². The Morgan fingerprint density at radius 1 is 1.15 bits per heavy atom. The third-order valence-electron chi connectivity index (χ3n) is 3.04. The summed E-state index contributed by atoms with van der Waals surface area (Å²) in [6.45, 7) is 7.86. The zero-order valence-corrected chi connectivity index (χ0v) is 12.3. The Labute approximate surface area is 120 Å². The Balaban J connectivity index is 1.85. The highest BCUT2D eigenvalue weighted by Crippen LogP contribution is 2.18. The zero-order valence-electron chi connectivity index (χ0n) is 12.3. The van der Waals surface area contributed by atoms with E-state index < -0.39 is 0 Å². The molecule has 1 aromatic carbocycles. The van der Waals surface area contributed by atoms with Crippen LogP contribution in [0.15, 0.2) is 41.1 Å². The molecule has 0 aliphatic rings. The van der Waals surface area contributed by atoms with Crippen LogP contribution < -0.4 is 10.1 Å². The summed E-state index contributed by atoms with van der Waals surface area (Å²) in [5.74, 6) is 1.46. The van der Waals surface area contributed by atoms with Crippen molar-refractivity contribution in [2.45, 2.75) is 33.4 Å². The molecule has 108 valence electrons. The molecular formula is C16H22N2O2. The molecule has 0 fully saturated rings. The second kappa shape index (κ2) is 7.10. The summed E-state index contributed by atoms with van der Waals surface area (Å²) in [5.41, 5.74) is 2.14. The molecule has 0 aliphatic carbocycles. The second-order valence-electron chi connectivity index (χ2n) is 5.37. The van der Waals surface area contributed by atoms with Crippen LogP contribution in [-0.2, 0) is 6.54 Å². The highest BCUT2D eigenvalue weighted by Gasteiger charge is 2.06. The molecule has 0 radical (unpaired) electrons. The molecule has 2 rings (SSSR count). The Bertz CT molecular complexity index is 492. The minimum Gasteiger partial charge on any atom is -0.493 e. The van der Waals surface area contributed by atoms with Gasteiger partial charge in [-0.1, -0.05) is 31.1 Å². The molecule has 0 spiro atoms. The maximum absolute atomic E-state index is 5.68. The minimum absolute atomic E-state index is 0.255. The van der Waals surface area contributed by atoms with E-state index >= 15 is 0 Å². The van der Waals surface area contributed by atoms with Gasteiger partial charge in [-0.25, -0.2) is 0 Å². The van der Waals surface area contributed by atoms with E-state index in [2.05, 4.69) is 43.4 Å². The molecule has 20 heavy (non-hydrogen) atoms. The van der Waals surface area contributed by atoms with Crippen molar-refractivity contribution in [1.82, 2.24) is 10.5 Å². The quantitative estimate of drug-likeness (QED) is 0.838. The highest BCUT2D eigenvalue weighted by molar-refractivity contribution is 5.29. The van der Waals surface area contributed by atoms with Crippen molar-refractivity contribution >= 4 is 0 Å². The van der Waals surface area contributed by atoms with Crippen molar-refractivity contribution in [2.75, 3.05) is 6.61 Å². The standard InChI is InChI=1S/C16H22N2O2/c1-12(2)11-19-16-6-4-14(5-7-16)13(3)17-10-15-8-9-20-18-15/h4-9,12-13,17H,10-11H2,1-3H3. The lowest BCUT2D eigenvalue weighted by Gasteiger charge is -2.14. The lowest BCUT2D eigenvalue weighted by molar-refractivity contribution is 0.271. The molecule has 1 heterocycles. The molecule has 0 saturated heterocycles. The summed E-state index contributed by atoms with van der Waals surface area (Å²) in [6.07, 6.45) is 1.59. The molecule has 1 N–H and O–H groups in total. The molecule has 0 amide bonds. The highest BCUT2D eigenvalue weighted by atomic mass is 16.5. The van der Waals surface area contributed by atoms with Gasteiger partial charge in [0.2, 0.25) is 0 Å². The average molecular weight is 274 g/mol. The van der Waals surface area contributed by atoms with Gasteiger partial charge < -0.3 is 14.6 Å². The van der Waals surface area contributed by atoms with Gasteiger partial charge in [-0.2, -0.15) is 0 Å². The molecule has 0 bridgehead atoms. The van der Waals surface area contributed by atoms with Crippen LogP contribution in [0, 0.1) is 5.92 Å². The van der Waals surface area contributed by atoms with Crippen LogP contribution in [0.5, 0.6) is 5.75 Å². The fourth-order valence-electron chi connectivity index (χ4n) is 1.82. The number of nitrogens with zero attached hydrogens (tertiary/aromatic N) is 1. The number of benzene rings is 1. The molecule has 1 atom stereocenters. The van der Waals surface area contributed by atoms with Crippen molar-refractivity contribution in [2.24, 2.45) is 5.92 Å². The van der Waals surface area contributed by atoms with E-state index in [9.17, 15) is 0 Å². The molecule has 0 saturated carbocycles. The third-order valence-corrected chi connectivity index (χ3v) is 3.04. The van der Waals surface area contributed by atoms with Gasteiger partial charge in [0.25, 0.3) is 0 Å². The summed E-state index contributed by atoms with van der Waals surface area (Å²) < 4.78 is 10.5. The average Bonchev–Trinajstić information content (AvgIpc) is 2.96. The third kappa shape index (κ3) is 4.38. The minimum atomic E-state index is 0.255. The van der Waals surface area contributed by atoms with E-state index in [0.717, 1.165) is 18.1 Å². The van der Waals surface area contributed by atoms with Crippen LogP contribution in [0.1, 0.15) is 38.1 Å². The van der Waals surface area contributed by atoms with Gasteiger partial charge in [0, 0.05) is 18.7 Å². The van der Waals surface area contributed by atoms with Gasteiger partial charge in [0.05, 0.1) is 12.3 Å². The van der Waals surface area contributed by atoms with Crippen molar-refractivity contribution < 1.29 is 9.26 Å². The monoisotopic (exact) mass is 274 g/mol. The predicted molar refractivity (Wildman–Crippen MR) is 78.5 cm³/mol. The van der Waals surface area contributed by atoms with E-state index in [1.54, 1.807) is 6.26 Å². The van der Waals surface area contributed by atoms with E-state index in [1.165, 1.54) is 5.56 Å². The van der Waals surface area contributed by atoms with Gasteiger partial charge in [0.15, 0.2) is 0 Å². The molecule has 2 aromatic rings. The molecule has 0 aliphatic heterocycles. The fraction of sp³-hybridized carbons (Fsp3) is 0.438. The first kappa shape index (κ1) is 14.6. The second-order valence-corrected chi connectivity index (χ2v) is 5.37. The molecule has 1 aromatic heterocycles. The lowest BCUT2D eigenvalue weighted by atomic mass is 10.1. The van der Waals surface area contributed by atoms with Gasteiger partial charge in [0.1, 0.15) is 12.0 Å². The van der Waals surface area contributed by atoms with Gasteiger partial charge in [-0.05, 0) is 30.5 Å². The first-order chi connectivity index (χ1) is 9.65. The van der Waals surface area contributed by atoms with Gasteiger partial charge >= 0.3 is 0 Å². The molecule has 1 unspecified atom stereocenters. The Morgan fingerprint density at radius 3 is 2.50 bits per heavy atom. The summed E-state index contributed by atoms with van der Waals surface area (Å²) in [5, 5.41) is 7.29. The Morgan fingerprint density at radius 2 is 1.90 bits per heavy atom. The lowest BCUT2D eigenvalue weighted by Crippen LogP contribution is -2.18. The van der Waals surface area contributed by atoms with E-state index in [1.807, 2.05) is 18.2 Å². The van der Waals surface area contributed by atoms with Crippen molar-refractivity contribution in [3.63, 3.8) is 0 Å². The summed E-state index contributed by atoms with van der Waals surface area (Å²) >= 11 is 0. The predicted octanol–water partition coefficient (Wildman–Crippen LogP) is 3.56. The number of hydrogen-bond acceptors (Lipinski definition) is 4. The first-order valence-electron chi connectivity index (χ1n) is 7.00. The fourth-order valence-corrected chi connectivity index (χ4v) is 1.82. The summed E-state index contributed by atoms with van der Waals surface area (Å²) in [7, 11) is 0. The number of aromatic nitrogens is 1. The van der Waals surface area contributed by atoms with Crippen molar-refractivity contribution in [3.8, 4) is 5.75 Å². The SMILES string of the molecule is CC(C)COc1ccc(C(C)NCc2ccon2)cc1. The molecule has 4 heteroatoms. The molecule has 4 nitrogen and oxygen atoms in total. The molecular weight excluding hydrogens is 252 g/mol. The van der Waals surface area contributed by atoms with Crippen molar-refractivity contribution in [3.05, 3.63) is 47.9 Å². The van der Waals surface area contributed by atoms with Crippen molar-refractivity contribution in [1.29, 1.82) is 0 Å². The van der Waals surface area contributed by atoms with E-state index in [4.69, 9.17) is 9.26 Å². The van der Waals surface area contributed by atoms with Crippen LogP contribution in [0.25, 0.3) is 0 Å². The zero-order chi connectivity index (χ0) is 14.4. The van der Waals surface area contributed by atoms with Crippen LogP contribution in [-0.4, -0.2) is 11.8 Å². The number of ether oxygens (including phenoxy) is 1. The van der Waals surface area contributed by atoms with Crippen LogP contribution in [0.2, 0.25) is 0 Å². The normalized spacial score (nSPS) is 12.6. The topological polar surface area (TPSA) is 47.3 Å². The van der Waals surface area contributed by atoms with E-state index in [-0.39, 0.29) is 6.04 Å². The Kier molecular flexibility index (Phi) is 5.18. The first-order valence-corrected chi connectivity index (χ1v) is 7.00. The summed E-state index contributed by atoms with van der Waals surface area (Å²) in [4.78, 5) is 0. The van der Waals surface area contributed by atoms with Gasteiger partial charge in [-0.3, -0.25) is 0 Å². The maximum Gasteiger partial charge on any atom is 0.124 e. The van der Waals surface area contributed by atoms with Gasteiger partial charge in [-0.15, -0.1) is 0 Å². The van der Waals surface area contributed by atoms with Crippen LogP contribution in [0.3, 0.4) is 0 Å². The maximum atomic E-state index is 5.68. The van der Waals surface area contributed by atoms with Crippen LogP contribution in [0.4, 0.5) is 0 Å². The Hall–Kier alpha value is -1.81. The largest absolute Gasteiger partial charge is 0.493 e. The smallest absolute Gasteiger partial charge is 0.124 e. The number of rotatable bonds is 7. The summed E-state index contributed by atoms with van der Waals surface area (Å²) in [6, 6.07) is 10.3. The van der Waals surface area contributed by atoms with Crippen LogP contribution >= 0.6 is 0 Å². The number of hydrogen-bond donors (Lipinski definition) is 1. The number of nitrogens with one attached hydrogen (secondary N) is 1.